The first-order valence-corrected chi connectivity index (χ1v) is 7.22. The van der Waals surface area contributed by atoms with Crippen LogP contribution in [-0.4, -0.2) is 25.8 Å². The fourth-order valence-corrected chi connectivity index (χ4v) is 2.27. The number of nitriles is 1. The standard InChI is InChI=1S/C14H19N3OS/c1-14(2,13(18)16-3)9-17-11-6-5-7-12(19-4)10(11)8-15/h5-7,17H,9H2,1-4H3,(H,16,18). The number of nitrogens with zero attached hydrogens (tertiary/aromatic N) is 1. The van der Waals surface area contributed by atoms with Gasteiger partial charge in [0.05, 0.1) is 16.7 Å². The lowest BCUT2D eigenvalue weighted by Gasteiger charge is -2.24. The average Bonchev–Trinajstić information content (AvgIpc) is 2.43. The molecule has 0 heterocycles. The van der Waals surface area contributed by atoms with E-state index in [1.165, 1.54) is 11.8 Å². The molecule has 1 rings (SSSR count). The van der Waals surface area contributed by atoms with Gasteiger partial charge in [-0.15, -0.1) is 11.8 Å². The molecule has 5 heteroatoms. The van der Waals surface area contributed by atoms with Gasteiger partial charge in [-0.3, -0.25) is 4.79 Å². The molecule has 1 aromatic carbocycles. The summed E-state index contributed by atoms with van der Waals surface area (Å²) in [5, 5.41) is 15.1. The molecule has 102 valence electrons. The van der Waals surface area contributed by atoms with E-state index in [0.29, 0.717) is 12.1 Å². The molecule has 1 aromatic rings. The van der Waals surface area contributed by atoms with E-state index >= 15 is 0 Å². The summed E-state index contributed by atoms with van der Waals surface area (Å²) < 4.78 is 0. The predicted molar refractivity (Wildman–Crippen MR) is 79.3 cm³/mol. The van der Waals surface area contributed by atoms with Gasteiger partial charge in [-0.25, -0.2) is 0 Å². The fourth-order valence-electron chi connectivity index (χ4n) is 1.70. The molecule has 0 atom stereocenters. The highest BCUT2D eigenvalue weighted by Crippen LogP contribution is 2.27. The van der Waals surface area contributed by atoms with Gasteiger partial charge in [0.25, 0.3) is 0 Å². The van der Waals surface area contributed by atoms with Crippen molar-refractivity contribution in [1.82, 2.24) is 5.32 Å². The van der Waals surface area contributed by atoms with Gasteiger partial charge >= 0.3 is 0 Å². The SMILES string of the molecule is CNC(=O)C(C)(C)CNc1cccc(SC)c1C#N. The first kappa shape index (κ1) is 15.4. The number of nitrogens with one attached hydrogen (secondary N) is 2. The van der Waals surface area contributed by atoms with Crippen LogP contribution in [0.15, 0.2) is 23.1 Å². The van der Waals surface area contributed by atoms with Crippen LogP contribution in [-0.2, 0) is 4.79 Å². The van der Waals surface area contributed by atoms with Crippen molar-refractivity contribution in [1.29, 1.82) is 5.26 Å². The van der Waals surface area contributed by atoms with E-state index in [9.17, 15) is 10.1 Å². The Hall–Kier alpha value is -1.67. The Kier molecular flexibility index (Phi) is 5.25. The molecular formula is C14H19N3OS. The topological polar surface area (TPSA) is 64.9 Å². The molecule has 0 bridgehead atoms. The van der Waals surface area contributed by atoms with Gasteiger partial charge in [-0.2, -0.15) is 5.26 Å². The van der Waals surface area contributed by atoms with Crippen molar-refractivity contribution in [2.75, 3.05) is 25.2 Å². The number of thioether (sulfide) groups is 1. The largest absolute Gasteiger partial charge is 0.383 e. The zero-order chi connectivity index (χ0) is 14.5. The van der Waals surface area contributed by atoms with Crippen molar-refractivity contribution in [3.8, 4) is 6.07 Å². The summed E-state index contributed by atoms with van der Waals surface area (Å²) in [5.41, 5.74) is 0.866. The average molecular weight is 277 g/mol. The van der Waals surface area contributed by atoms with Crippen LogP contribution < -0.4 is 10.6 Å². The van der Waals surface area contributed by atoms with E-state index in [1.54, 1.807) is 7.05 Å². The van der Waals surface area contributed by atoms with E-state index < -0.39 is 5.41 Å². The molecule has 0 fully saturated rings. The molecule has 1 amide bonds. The number of hydrogen-bond donors (Lipinski definition) is 2. The van der Waals surface area contributed by atoms with Crippen LogP contribution in [0.5, 0.6) is 0 Å². The number of anilines is 1. The molecule has 0 unspecified atom stereocenters. The Morgan fingerprint density at radius 3 is 2.68 bits per heavy atom. The van der Waals surface area contributed by atoms with Crippen LogP contribution in [0.3, 0.4) is 0 Å². The normalized spacial score (nSPS) is 10.7. The van der Waals surface area contributed by atoms with Crippen LogP contribution in [0.4, 0.5) is 5.69 Å². The van der Waals surface area contributed by atoms with Crippen LogP contribution >= 0.6 is 11.8 Å². The van der Waals surface area contributed by atoms with E-state index in [4.69, 9.17) is 0 Å². The molecule has 2 N–H and O–H groups in total. The maximum Gasteiger partial charge on any atom is 0.227 e. The molecule has 0 aliphatic carbocycles. The first-order chi connectivity index (χ1) is 8.96. The lowest BCUT2D eigenvalue weighted by atomic mass is 9.92. The third-order valence-corrected chi connectivity index (χ3v) is 3.70. The van der Waals surface area contributed by atoms with Gasteiger partial charge in [-0.05, 0) is 32.2 Å². The molecule has 0 saturated carbocycles. The molecule has 0 aliphatic heterocycles. The number of benzene rings is 1. The third kappa shape index (κ3) is 3.65. The van der Waals surface area contributed by atoms with Crippen molar-refractivity contribution in [2.45, 2.75) is 18.7 Å². The minimum atomic E-state index is -0.531. The first-order valence-electron chi connectivity index (χ1n) is 5.99. The van der Waals surface area contributed by atoms with Crippen molar-refractivity contribution in [2.24, 2.45) is 5.41 Å². The zero-order valence-electron chi connectivity index (χ0n) is 11.7. The monoisotopic (exact) mass is 277 g/mol. The third-order valence-electron chi connectivity index (χ3n) is 2.92. The van der Waals surface area contributed by atoms with Gasteiger partial charge in [0.2, 0.25) is 5.91 Å². The number of carbonyl (C=O) groups is 1. The summed E-state index contributed by atoms with van der Waals surface area (Å²) in [4.78, 5) is 12.6. The summed E-state index contributed by atoms with van der Waals surface area (Å²) in [7, 11) is 1.62. The lowest BCUT2D eigenvalue weighted by Crippen LogP contribution is -2.39. The van der Waals surface area contributed by atoms with Gasteiger partial charge in [0, 0.05) is 18.5 Å². The number of hydrogen-bond acceptors (Lipinski definition) is 4. The van der Waals surface area contributed by atoms with Crippen LogP contribution in [0.25, 0.3) is 0 Å². The van der Waals surface area contributed by atoms with Crippen molar-refractivity contribution in [3.63, 3.8) is 0 Å². The Morgan fingerprint density at radius 1 is 1.47 bits per heavy atom. The van der Waals surface area contributed by atoms with Gasteiger partial charge in [0.1, 0.15) is 6.07 Å². The summed E-state index contributed by atoms with van der Waals surface area (Å²) in [6, 6.07) is 7.89. The summed E-state index contributed by atoms with van der Waals surface area (Å²) >= 11 is 1.54. The summed E-state index contributed by atoms with van der Waals surface area (Å²) in [6.07, 6.45) is 1.94. The van der Waals surface area contributed by atoms with Crippen molar-refractivity contribution < 1.29 is 4.79 Å². The van der Waals surface area contributed by atoms with Crippen molar-refractivity contribution in [3.05, 3.63) is 23.8 Å². The van der Waals surface area contributed by atoms with Gasteiger partial charge < -0.3 is 10.6 Å². The molecule has 0 spiro atoms. The second kappa shape index (κ2) is 6.48. The van der Waals surface area contributed by atoms with Gasteiger partial charge in [0.15, 0.2) is 0 Å². The molecule has 4 nitrogen and oxygen atoms in total. The molecule has 0 saturated heterocycles. The van der Waals surface area contributed by atoms with E-state index in [0.717, 1.165) is 10.6 Å². The quantitative estimate of drug-likeness (QED) is 0.811. The highest BCUT2D eigenvalue weighted by Gasteiger charge is 2.26. The fraction of sp³-hybridized carbons (Fsp3) is 0.429. The Bertz CT molecular complexity index is 506. The van der Waals surface area contributed by atoms with Crippen LogP contribution in [0.1, 0.15) is 19.4 Å². The summed E-state index contributed by atoms with van der Waals surface area (Å²) in [5.74, 6) is -0.0282. The second-order valence-corrected chi connectivity index (χ2v) is 5.66. The highest BCUT2D eigenvalue weighted by atomic mass is 32.2. The number of carbonyl (C=O) groups excluding carboxylic acids is 1. The maximum absolute atomic E-state index is 11.7. The van der Waals surface area contributed by atoms with E-state index in [-0.39, 0.29) is 5.91 Å². The Balaban J connectivity index is 2.90. The van der Waals surface area contributed by atoms with E-state index in [1.807, 2.05) is 38.3 Å². The minimum Gasteiger partial charge on any atom is -0.383 e. The lowest BCUT2D eigenvalue weighted by molar-refractivity contribution is -0.128. The molecule has 19 heavy (non-hydrogen) atoms. The smallest absolute Gasteiger partial charge is 0.227 e. The summed E-state index contributed by atoms with van der Waals surface area (Å²) in [6.45, 7) is 4.20. The Labute approximate surface area is 118 Å². The van der Waals surface area contributed by atoms with Gasteiger partial charge in [-0.1, -0.05) is 6.07 Å². The van der Waals surface area contributed by atoms with Crippen molar-refractivity contribution >= 4 is 23.4 Å². The zero-order valence-corrected chi connectivity index (χ0v) is 12.5. The second-order valence-electron chi connectivity index (χ2n) is 4.81. The number of amides is 1. The molecule has 0 aromatic heterocycles. The Morgan fingerprint density at radius 2 is 2.16 bits per heavy atom. The minimum absolute atomic E-state index is 0.0282. The highest BCUT2D eigenvalue weighted by molar-refractivity contribution is 7.98. The van der Waals surface area contributed by atoms with Crippen LogP contribution in [0.2, 0.25) is 0 Å². The number of rotatable bonds is 5. The molecule has 0 radical (unpaired) electrons. The predicted octanol–water partition coefficient (Wildman–Crippen LogP) is 2.46. The van der Waals surface area contributed by atoms with E-state index in [2.05, 4.69) is 16.7 Å². The molecular weight excluding hydrogens is 258 g/mol. The molecule has 0 aliphatic rings. The van der Waals surface area contributed by atoms with Crippen LogP contribution in [0, 0.1) is 16.7 Å². The maximum atomic E-state index is 11.7.